The van der Waals surface area contributed by atoms with Crippen LogP contribution in [0.3, 0.4) is 0 Å². The van der Waals surface area contributed by atoms with Gasteiger partial charge in [-0.25, -0.2) is 9.78 Å². The molecule has 1 atom stereocenters. The molecule has 2 rings (SSSR count). The van der Waals surface area contributed by atoms with Gasteiger partial charge in [-0.05, 0) is 31.9 Å². The Hall–Kier alpha value is -1.45. The molecule has 1 aromatic heterocycles. The first-order chi connectivity index (χ1) is 10.4. The third-order valence-corrected chi connectivity index (χ3v) is 4.19. The monoisotopic (exact) mass is 336 g/mol. The van der Waals surface area contributed by atoms with Crippen LogP contribution < -0.4 is 5.32 Å². The maximum atomic E-state index is 11.6. The van der Waals surface area contributed by atoms with Gasteiger partial charge in [0, 0.05) is 12.7 Å². The molecule has 1 aromatic carbocycles. The highest BCUT2D eigenvalue weighted by Gasteiger charge is 2.15. The van der Waals surface area contributed by atoms with Crippen molar-refractivity contribution in [3.63, 3.8) is 0 Å². The Morgan fingerprint density at radius 2 is 2.00 bits per heavy atom. The van der Waals surface area contributed by atoms with Crippen molar-refractivity contribution in [2.24, 2.45) is 0 Å². The molecule has 0 saturated heterocycles. The molecule has 0 bridgehead atoms. The standard InChI is InChI=1S/C16H21N2O2PS/c1-16(2,3)20-15(19)17-8-11-4-6-12(7-5-11)14-13(9-21)18-10-22-14/h4-7,10H,8-9,21H2,1-3H3,(H,17,19). The second kappa shape index (κ2) is 7.21. The normalized spacial score (nSPS) is 11.3. The molecule has 0 fully saturated rings. The predicted molar refractivity (Wildman–Crippen MR) is 94.0 cm³/mol. The number of nitrogens with one attached hydrogen (secondary N) is 1. The van der Waals surface area contributed by atoms with Gasteiger partial charge in [-0.1, -0.05) is 24.3 Å². The van der Waals surface area contributed by atoms with Crippen LogP contribution in [0.15, 0.2) is 29.8 Å². The number of rotatable bonds is 4. The van der Waals surface area contributed by atoms with Gasteiger partial charge in [-0.3, -0.25) is 0 Å². The Balaban J connectivity index is 1.97. The van der Waals surface area contributed by atoms with Crippen molar-refractivity contribution in [2.75, 3.05) is 0 Å². The van der Waals surface area contributed by atoms with Crippen molar-refractivity contribution in [1.29, 1.82) is 0 Å². The molecule has 0 radical (unpaired) electrons. The lowest BCUT2D eigenvalue weighted by molar-refractivity contribution is 0.0523. The summed E-state index contributed by atoms with van der Waals surface area (Å²) in [7, 11) is 2.70. The molecule has 22 heavy (non-hydrogen) atoms. The highest BCUT2D eigenvalue weighted by atomic mass is 32.1. The van der Waals surface area contributed by atoms with Crippen molar-refractivity contribution in [3.8, 4) is 10.4 Å². The van der Waals surface area contributed by atoms with Crippen molar-refractivity contribution < 1.29 is 9.53 Å². The van der Waals surface area contributed by atoms with Crippen LogP contribution in [0, 0.1) is 0 Å². The van der Waals surface area contributed by atoms with Crippen LogP contribution in [0.4, 0.5) is 4.79 Å². The Bertz CT molecular complexity index is 632. The van der Waals surface area contributed by atoms with E-state index in [1.165, 1.54) is 4.88 Å². The summed E-state index contributed by atoms with van der Waals surface area (Å²) in [4.78, 5) is 17.2. The van der Waals surface area contributed by atoms with E-state index in [9.17, 15) is 4.79 Å². The number of amides is 1. The molecule has 0 saturated carbocycles. The highest BCUT2D eigenvalue weighted by Crippen LogP contribution is 2.29. The minimum absolute atomic E-state index is 0.399. The third-order valence-electron chi connectivity index (χ3n) is 2.89. The molecule has 118 valence electrons. The van der Waals surface area contributed by atoms with Gasteiger partial charge in [0.2, 0.25) is 0 Å². The van der Waals surface area contributed by atoms with Gasteiger partial charge in [0.25, 0.3) is 0 Å². The van der Waals surface area contributed by atoms with Gasteiger partial charge in [0.05, 0.1) is 16.1 Å². The fourth-order valence-corrected chi connectivity index (χ4v) is 3.20. The van der Waals surface area contributed by atoms with E-state index in [2.05, 4.69) is 31.7 Å². The number of thiazole rings is 1. The van der Waals surface area contributed by atoms with Crippen molar-refractivity contribution >= 4 is 26.7 Å². The van der Waals surface area contributed by atoms with Crippen LogP contribution in [0.25, 0.3) is 10.4 Å². The molecular weight excluding hydrogens is 315 g/mol. The molecule has 1 N–H and O–H groups in total. The summed E-state index contributed by atoms with van der Waals surface area (Å²) in [6.07, 6.45) is 0.449. The number of benzene rings is 1. The second-order valence-corrected chi connectivity index (χ2v) is 7.15. The number of ether oxygens (including phenoxy) is 1. The van der Waals surface area contributed by atoms with E-state index < -0.39 is 11.7 Å². The molecule has 4 nitrogen and oxygen atoms in total. The highest BCUT2D eigenvalue weighted by molar-refractivity contribution is 7.16. The predicted octanol–water partition coefficient (Wildman–Crippen LogP) is 4.21. The number of aromatic nitrogens is 1. The number of alkyl carbamates (subject to hydrolysis) is 1. The number of nitrogens with zero attached hydrogens (tertiary/aromatic N) is 1. The van der Waals surface area contributed by atoms with E-state index in [0.717, 1.165) is 23.0 Å². The third kappa shape index (κ3) is 4.79. The van der Waals surface area contributed by atoms with Crippen LogP contribution >= 0.6 is 20.6 Å². The van der Waals surface area contributed by atoms with Gasteiger partial charge in [-0.2, -0.15) is 0 Å². The topological polar surface area (TPSA) is 51.2 Å². The largest absolute Gasteiger partial charge is 0.444 e. The molecule has 2 aromatic rings. The van der Waals surface area contributed by atoms with Crippen molar-refractivity contribution in [1.82, 2.24) is 10.3 Å². The first-order valence-electron chi connectivity index (χ1n) is 7.07. The fourth-order valence-electron chi connectivity index (χ4n) is 1.91. The SMILES string of the molecule is CC(C)(C)OC(=O)NCc1ccc(-c2scnc2CP)cc1. The van der Waals surface area contributed by atoms with E-state index in [0.29, 0.717) is 6.54 Å². The van der Waals surface area contributed by atoms with E-state index in [1.54, 1.807) is 11.3 Å². The fraction of sp³-hybridized carbons (Fsp3) is 0.375. The zero-order valence-electron chi connectivity index (χ0n) is 13.1. The molecule has 0 aliphatic rings. The second-order valence-electron chi connectivity index (χ2n) is 5.88. The quantitative estimate of drug-likeness (QED) is 0.851. The van der Waals surface area contributed by atoms with Crippen LogP contribution in [-0.2, 0) is 17.4 Å². The first-order valence-corrected chi connectivity index (χ1v) is 8.77. The zero-order chi connectivity index (χ0) is 16.2. The number of hydrogen-bond donors (Lipinski definition) is 1. The summed E-state index contributed by atoms with van der Waals surface area (Å²) in [6, 6.07) is 8.14. The Labute approximate surface area is 137 Å². The zero-order valence-corrected chi connectivity index (χ0v) is 15.0. The Morgan fingerprint density at radius 3 is 2.59 bits per heavy atom. The van der Waals surface area contributed by atoms with E-state index in [-0.39, 0.29) is 0 Å². The van der Waals surface area contributed by atoms with Gasteiger partial charge >= 0.3 is 6.09 Å². The van der Waals surface area contributed by atoms with Crippen molar-refractivity contribution in [2.45, 2.75) is 39.1 Å². The van der Waals surface area contributed by atoms with Crippen molar-refractivity contribution in [3.05, 3.63) is 41.0 Å². The molecule has 1 heterocycles. The van der Waals surface area contributed by atoms with Gasteiger partial charge in [-0.15, -0.1) is 20.6 Å². The maximum Gasteiger partial charge on any atom is 0.407 e. The summed E-state index contributed by atoms with van der Waals surface area (Å²) >= 11 is 1.64. The van der Waals surface area contributed by atoms with Gasteiger partial charge in [0.1, 0.15) is 5.60 Å². The lowest BCUT2D eigenvalue weighted by atomic mass is 10.1. The average Bonchev–Trinajstić information content (AvgIpc) is 2.92. The summed E-state index contributed by atoms with van der Waals surface area (Å²) < 4.78 is 5.21. The molecule has 6 heteroatoms. The molecule has 1 unspecified atom stereocenters. The summed E-state index contributed by atoms with van der Waals surface area (Å²) in [6.45, 7) is 5.99. The number of carbonyl (C=O) groups excluding carboxylic acids is 1. The molecule has 0 spiro atoms. The lowest BCUT2D eigenvalue weighted by Crippen LogP contribution is -2.32. The van der Waals surface area contributed by atoms with E-state index >= 15 is 0 Å². The summed E-state index contributed by atoms with van der Waals surface area (Å²) in [5.74, 6) is 0. The number of hydrogen-bond acceptors (Lipinski definition) is 4. The number of carbonyl (C=O) groups is 1. The average molecular weight is 336 g/mol. The summed E-state index contributed by atoms with van der Waals surface area (Å²) in [5.41, 5.74) is 4.67. The minimum Gasteiger partial charge on any atom is -0.444 e. The van der Waals surface area contributed by atoms with Crippen LogP contribution in [0.2, 0.25) is 0 Å². The van der Waals surface area contributed by atoms with Crippen LogP contribution in [0.1, 0.15) is 32.0 Å². The molecular formula is C16H21N2O2PS. The van der Waals surface area contributed by atoms with E-state index in [4.69, 9.17) is 4.74 Å². The molecule has 0 aliphatic heterocycles. The van der Waals surface area contributed by atoms with E-state index in [1.807, 2.05) is 38.4 Å². The molecule has 1 amide bonds. The maximum absolute atomic E-state index is 11.6. The first kappa shape index (κ1) is 16.9. The molecule has 0 aliphatic carbocycles. The minimum atomic E-state index is -0.478. The lowest BCUT2D eigenvalue weighted by Gasteiger charge is -2.19. The Morgan fingerprint density at radius 1 is 1.32 bits per heavy atom. The smallest absolute Gasteiger partial charge is 0.407 e. The Kier molecular flexibility index (Phi) is 5.54. The van der Waals surface area contributed by atoms with Crippen LogP contribution in [-0.4, -0.2) is 16.7 Å². The summed E-state index contributed by atoms with van der Waals surface area (Å²) in [5, 5.41) is 2.76. The van der Waals surface area contributed by atoms with Crippen LogP contribution in [0.5, 0.6) is 0 Å². The van der Waals surface area contributed by atoms with Gasteiger partial charge in [0.15, 0.2) is 0 Å². The van der Waals surface area contributed by atoms with Gasteiger partial charge < -0.3 is 10.1 Å².